The second-order valence-corrected chi connectivity index (χ2v) is 5.06. The Bertz CT molecular complexity index is 561. The summed E-state index contributed by atoms with van der Waals surface area (Å²) in [7, 11) is 0. The van der Waals surface area contributed by atoms with Gasteiger partial charge < -0.3 is 4.42 Å². The molecule has 0 N–H and O–H groups in total. The van der Waals surface area contributed by atoms with Crippen LogP contribution in [0.1, 0.15) is 41.8 Å². The fourth-order valence-electron chi connectivity index (χ4n) is 2.17. The fourth-order valence-corrected chi connectivity index (χ4v) is 2.17. The number of aryl methyl sites for hydroxylation is 1. The van der Waals surface area contributed by atoms with E-state index in [4.69, 9.17) is 4.42 Å². The quantitative estimate of drug-likeness (QED) is 0.737. The van der Waals surface area contributed by atoms with Crippen molar-refractivity contribution in [2.45, 2.75) is 32.6 Å². The van der Waals surface area contributed by atoms with E-state index >= 15 is 0 Å². The Hall–Kier alpha value is -1.57. The molecule has 1 aromatic heterocycles. The molecule has 1 heterocycles. The van der Waals surface area contributed by atoms with Gasteiger partial charge in [-0.3, -0.25) is 4.79 Å². The summed E-state index contributed by atoms with van der Waals surface area (Å²) in [5, 5.41) is 1.03. The molecule has 0 atom stereocenters. The van der Waals surface area contributed by atoms with Crippen molar-refractivity contribution >= 4 is 16.8 Å². The maximum Gasteiger partial charge on any atom is 0.198 e. The van der Waals surface area contributed by atoms with E-state index in [2.05, 4.69) is 6.07 Å². The van der Waals surface area contributed by atoms with Gasteiger partial charge in [-0.1, -0.05) is 24.5 Å². The topological polar surface area (TPSA) is 30.2 Å². The highest BCUT2D eigenvalue weighted by Crippen LogP contribution is 2.34. The van der Waals surface area contributed by atoms with Gasteiger partial charge in [0.25, 0.3) is 0 Å². The molecule has 2 nitrogen and oxygen atoms in total. The number of benzene rings is 1. The lowest BCUT2D eigenvalue weighted by molar-refractivity contribution is 0.0953. The monoisotopic (exact) mass is 228 g/mol. The second kappa shape index (κ2) is 4.02. The first-order valence-corrected chi connectivity index (χ1v) is 6.26. The van der Waals surface area contributed by atoms with Crippen LogP contribution in [0.25, 0.3) is 11.0 Å². The lowest BCUT2D eigenvalue weighted by Gasteiger charge is -1.94. The van der Waals surface area contributed by atoms with Gasteiger partial charge in [0.15, 0.2) is 11.5 Å². The van der Waals surface area contributed by atoms with Crippen molar-refractivity contribution in [1.82, 2.24) is 0 Å². The highest BCUT2D eigenvalue weighted by molar-refractivity contribution is 5.97. The molecule has 2 aromatic rings. The van der Waals surface area contributed by atoms with Crippen LogP contribution in [0, 0.1) is 12.8 Å². The minimum Gasteiger partial charge on any atom is -0.453 e. The van der Waals surface area contributed by atoms with Crippen molar-refractivity contribution in [2.24, 2.45) is 5.92 Å². The fraction of sp³-hybridized carbons (Fsp3) is 0.400. The minimum atomic E-state index is 0.144. The third-order valence-corrected chi connectivity index (χ3v) is 3.42. The summed E-state index contributed by atoms with van der Waals surface area (Å²) in [6, 6.07) is 7.86. The second-order valence-electron chi connectivity index (χ2n) is 5.06. The number of rotatable bonds is 4. The maximum atomic E-state index is 11.9. The molecule has 1 aromatic carbocycles. The van der Waals surface area contributed by atoms with Crippen LogP contribution < -0.4 is 0 Å². The largest absolute Gasteiger partial charge is 0.453 e. The van der Waals surface area contributed by atoms with Crippen molar-refractivity contribution in [1.29, 1.82) is 0 Å². The van der Waals surface area contributed by atoms with Gasteiger partial charge in [-0.15, -0.1) is 0 Å². The summed E-state index contributed by atoms with van der Waals surface area (Å²) in [6.07, 6.45) is 4.25. The number of carbonyl (C=O) groups excluding carboxylic acids is 1. The van der Waals surface area contributed by atoms with E-state index in [1.807, 2.05) is 25.1 Å². The first kappa shape index (κ1) is 10.6. The third-order valence-electron chi connectivity index (χ3n) is 3.42. The van der Waals surface area contributed by atoms with E-state index < -0.39 is 0 Å². The Morgan fingerprint density at radius 2 is 2.18 bits per heavy atom. The van der Waals surface area contributed by atoms with E-state index in [-0.39, 0.29) is 5.78 Å². The minimum absolute atomic E-state index is 0.144. The molecule has 1 aliphatic rings. The molecule has 2 heteroatoms. The van der Waals surface area contributed by atoms with Crippen LogP contribution in [0.2, 0.25) is 0 Å². The standard InChI is InChI=1S/C15H16O2/c1-10-2-7-14-12(8-10)9-15(17-14)13(16)6-5-11-3-4-11/h2,7-9,11H,3-6H2,1H3. The van der Waals surface area contributed by atoms with E-state index in [9.17, 15) is 4.79 Å². The van der Waals surface area contributed by atoms with Crippen LogP contribution in [-0.4, -0.2) is 5.78 Å². The van der Waals surface area contributed by atoms with Crippen LogP contribution in [0.5, 0.6) is 0 Å². The lowest BCUT2D eigenvalue weighted by Crippen LogP contribution is -1.97. The van der Waals surface area contributed by atoms with Crippen molar-refractivity contribution in [3.63, 3.8) is 0 Å². The van der Waals surface area contributed by atoms with Crippen LogP contribution >= 0.6 is 0 Å². The molecule has 88 valence electrons. The molecule has 0 spiro atoms. The van der Waals surface area contributed by atoms with Gasteiger partial charge in [0.2, 0.25) is 0 Å². The average Bonchev–Trinajstić information content (AvgIpc) is 3.04. The summed E-state index contributed by atoms with van der Waals surface area (Å²) < 4.78 is 5.59. The van der Waals surface area contributed by atoms with E-state index in [0.717, 1.165) is 23.3 Å². The predicted molar refractivity (Wildman–Crippen MR) is 67.2 cm³/mol. The van der Waals surface area contributed by atoms with E-state index in [0.29, 0.717) is 12.2 Å². The summed E-state index contributed by atoms with van der Waals surface area (Å²) in [6.45, 7) is 2.04. The molecule has 1 aliphatic carbocycles. The normalized spacial score (nSPS) is 15.4. The van der Waals surface area contributed by atoms with Crippen molar-refractivity contribution < 1.29 is 9.21 Å². The number of hydrogen-bond donors (Lipinski definition) is 0. The first-order chi connectivity index (χ1) is 8.22. The molecule has 0 saturated heterocycles. The first-order valence-electron chi connectivity index (χ1n) is 6.26. The van der Waals surface area contributed by atoms with Crippen LogP contribution in [0.4, 0.5) is 0 Å². The highest BCUT2D eigenvalue weighted by Gasteiger charge is 2.23. The van der Waals surface area contributed by atoms with Crippen molar-refractivity contribution in [3.05, 3.63) is 35.6 Å². The lowest BCUT2D eigenvalue weighted by atomic mass is 10.1. The van der Waals surface area contributed by atoms with Crippen LogP contribution in [0.15, 0.2) is 28.7 Å². The smallest absolute Gasteiger partial charge is 0.198 e. The van der Waals surface area contributed by atoms with Crippen molar-refractivity contribution in [3.8, 4) is 0 Å². The summed E-state index contributed by atoms with van der Waals surface area (Å²) in [4.78, 5) is 11.9. The molecule has 0 bridgehead atoms. The number of Topliss-reactive ketones (excluding diaryl/α,β-unsaturated/α-hetero) is 1. The van der Waals surface area contributed by atoms with Gasteiger partial charge in [-0.05, 0) is 37.5 Å². The van der Waals surface area contributed by atoms with Gasteiger partial charge in [0, 0.05) is 11.8 Å². The number of furan rings is 1. The molecule has 3 rings (SSSR count). The Balaban J connectivity index is 1.81. The van der Waals surface area contributed by atoms with Gasteiger partial charge in [-0.25, -0.2) is 0 Å². The average molecular weight is 228 g/mol. The molecular weight excluding hydrogens is 212 g/mol. The number of carbonyl (C=O) groups is 1. The summed E-state index contributed by atoms with van der Waals surface area (Å²) >= 11 is 0. The third kappa shape index (κ3) is 2.26. The van der Waals surface area contributed by atoms with E-state index in [1.165, 1.54) is 18.4 Å². The maximum absolute atomic E-state index is 11.9. The molecule has 17 heavy (non-hydrogen) atoms. The molecule has 0 radical (unpaired) electrons. The molecule has 0 unspecified atom stereocenters. The van der Waals surface area contributed by atoms with E-state index in [1.54, 1.807) is 0 Å². The van der Waals surface area contributed by atoms with Gasteiger partial charge in [0.1, 0.15) is 5.58 Å². The number of fused-ring (bicyclic) bond motifs is 1. The Morgan fingerprint density at radius 1 is 1.35 bits per heavy atom. The molecule has 0 aliphatic heterocycles. The van der Waals surface area contributed by atoms with Gasteiger partial charge in [-0.2, -0.15) is 0 Å². The Kier molecular flexibility index (Phi) is 2.50. The number of hydrogen-bond acceptors (Lipinski definition) is 2. The molecule has 1 saturated carbocycles. The molecule has 0 amide bonds. The Labute approximate surface area is 101 Å². The summed E-state index contributed by atoms with van der Waals surface area (Å²) in [5.41, 5.74) is 2.00. The zero-order chi connectivity index (χ0) is 11.8. The molecule has 1 fully saturated rings. The zero-order valence-electron chi connectivity index (χ0n) is 10.0. The van der Waals surface area contributed by atoms with Gasteiger partial charge >= 0.3 is 0 Å². The SMILES string of the molecule is Cc1ccc2oc(C(=O)CCC3CC3)cc2c1. The molecular formula is C15H16O2. The zero-order valence-corrected chi connectivity index (χ0v) is 10.0. The van der Waals surface area contributed by atoms with Gasteiger partial charge in [0.05, 0.1) is 0 Å². The van der Waals surface area contributed by atoms with Crippen molar-refractivity contribution in [2.75, 3.05) is 0 Å². The van der Waals surface area contributed by atoms with Crippen LogP contribution in [-0.2, 0) is 0 Å². The number of ketones is 1. The highest BCUT2D eigenvalue weighted by atomic mass is 16.3. The predicted octanol–water partition coefficient (Wildman–Crippen LogP) is 4.11. The summed E-state index contributed by atoms with van der Waals surface area (Å²) in [5.74, 6) is 1.46. The van der Waals surface area contributed by atoms with Crippen LogP contribution in [0.3, 0.4) is 0 Å². The Morgan fingerprint density at radius 3 is 2.94 bits per heavy atom.